The van der Waals surface area contributed by atoms with Gasteiger partial charge in [-0.2, -0.15) is 6.20 Å². The first-order valence-electron chi connectivity index (χ1n) is 25.3. The van der Waals surface area contributed by atoms with E-state index in [-0.39, 0.29) is 67.0 Å². The molecule has 362 valence electrons. The number of rotatable bonds is 10. The minimum Gasteiger partial charge on any atom is -0.664 e. The highest BCUT2D eigenvalue weighted by Crippen LogP contribution is 2.47. The lowest BCUT2D eigenvalue weighted by Crippen LogP contribution is -2.37. The smallest absolute Gasteiger partial charge is 0.161 e. The van der Waals surface area contributed by atoms with Gasteiger partial charge in [0, 0.05) is 36.5 Å². The highest BCUT2D eigenvalue weighted by molar-refractivity contribution is 6.05. The van der Waals surface area contributed by atoms with E-state index < -0.39 is 17.9 Å². The van der Waals surface area contributed by atoms with E-state index in [9.17, 15) is 25.2 Å². The zero-order valence-electron chi connectivity index (χ0n) is 39.7. The predicted octanol–water partition coefficient (Wildman–Crippen LogP) is 10.6. The standard InChI is InChI=1S/C60H63N3O7/c64-26-23-51-55(67)20-16-40-29-45(58(68)56(32-40)70-48-10-4-5-11-48)28-39-14-18-42(34-47(65)30-37-7-2-1-3-8-37)44(27-39)33-43-21-24-62-60(43)63-36-46-35-53-50(22-25-61-53)52(57(46)59(51)69)31-38-13-17-41-9-6-12-54(66)49(41)19-15-38/h1-3,6-9,12,14-15,18-19,21-22,24-25,27,29,32,35,38,47-48,51-52,57,62,64-66,68H,4-5,10-11,13,16-17,20,23,26,28,30-31,33-34,36H2/q-2/t38-,47+,51-,52+,57-/m0/s1. The SMILES string of the molecule is O=C1CCc2cc(c(O)c(OC3CCCC3)c2)Cc2ccc(C[C@H](O)Cc3ccccc3)c(c2)Cc2cc[nH]c2[N-]CC2=Cc3[n-]ccc3[C@@H](C[C@@H]3C=Cc4c(O)cccc4CC3)[C@H]2C(=O)[C@H]1CCO. The molecule has 5 N–H and O–H groups in total. The average molecular weight is 938 g/mol. The second-order valence-electron chi connectivity index (χ2n) is 20.1. The van der Waals surface area contributed by atoms with Gasteiger partial charge in [-0.3, -0.25) is 9.59 Å². The van der Waals surface area contributed by atoms with Crippen LogP contribution >= 0.6 is 0 Å². The fourth-order valence-corrected chi connectivity index (χ4v) is 11.7. The molecule has 0 saturated heterocycles. The first-order chi connectivity index (χ1) is 34.2. The fourth-order valence-electron chi connectivity index (χ4n) is 11.7. The maximum Gasteiger partial charge on any atom is 0.161 e. The molecule has 1 aliphatic heterocycles. The molecule has 6 aromatic rings. The van der Waals surface area contributed by atoms with Crippen molar-refractivity contribution in [2.75, 3.05) is 13.2 Å². The summed E-state index contributed by atoms with van der Waals surface area (Å²) in [7, 11) is 0. The van der Waals surface area contributed by atoms with E-state index in [2.05, 4.69) is 35.3 Å². The number of carbonyl (C=O) groups excluding carboxylic acids is 2. The number of benzene rings is 4. The van der Waals surface area contributed by atoms with Crippen molar-refractivity contribution in [1.29, 1.82) is 0 Å². The largest absolute Gasteiger partial charge is 0.664 e. The van der Waals surface area contributed by atoms with E-state index in [1.807, 2.05) is 79.0 Å². The Kier molecular flexibility index (Phi) is 14.2. The number of hydrogen-bond acceptors (Lipinski definition) is 7. The molecule has 0 radical (unpaired) electrons. The van der Waals surface area contributed by atoms with Crippen molar-refractivity contribution in [3.8, 4) is 17.2 Å². The van der Waals surface area contributed by atoms with Gasteiger partial charge in [-0.15, -0.1) is 5.69 Å². The zero-order chi connectivity index (χ0) is 48.1. The van der Waals surface area contributed by atoms with Crippen molar-refractivity contribution in [3.63, 3.8) is 0 Å². The molecule has 4 aliphatic rings. The summed E-state index contributed by atoms with van der Waals surface area (Å²) < 4.78 is 6.51. The number of phenols is 2. The molecule has 0 unspecified atom stereocenters. The van der Waals surface area contributed by atoms with Crippen molar-refractivity contribution < 1.29 is 34.8 Å². The van der Waals surface area contributed by atoms with Crippen LogP contribution in [0.3, 0.4) is 0 Å². The third kappa shape index (κ3) is 10.4. The Morgan fingerprint density at radius 2 is 1.64 bits per heavy atom. The van der Waals surface area contributed by atoms with Crippen LogP contribution in [-0.2, 0) is 48.1 Å². The van der Waals surface area contributed by atoms with Gasteiger partial charge in [0.2, 0.25) is 0 Å². The van der Waals surface area contributed by atoms with Crippen LogP contribution in [0.2, 0.25) is 0 Å². The van der Waals surface area contributed by atoms with Crippen LogP contribution in [0.25, 0.3) is 17.5 Å². The van der Waals surface area contributed by atoms with Gasteiger partial charge in [-0.05, 0) is 147 Å². The number of nitrogens with one attached hydrogen (secondary N) is 1. The molecule has 3 heterocycles. The van der Waals surface area contributed by atoms with Crippen LogP contribution < -0.4 is 9.72 Å². The lowest BCUT2D eigenvalue weighted by molar-refractivity contribution is -0.135. The van der Waals surface area contributed by atoms with E-state index in [0.29, 0.717) is 55.7 Å². The van der Waals surface area contributed by atoms with Crippen LogP contribution in [0.5, 0.6) is 17.2 Å². The second kappa shape index (κ2) is 21.2. The minimum atomic E-state index is -1.05. The van der Waals surface area contributed by atoms with E-state index in [1.165, 1.54) is 0 Å². The molecule has 70 heavy (non-hydrogen) atoms. The molecule has 1 fully saturated rings. The number of aliphatic hydroxyl groups is 2. The average Bonchev–Trinajstić information content (AvgIpc) is 4.13. The highest BCUT2D eigenvalue weighted by Gasteiger charge is 2.41. The lowest BCUT2D eigenvalue weighted by Gasteiger charge is -2.38. The number of aromatic nitrogens is 2. The maximum atomic E-state index is 15.5. The molecule has 0 spiro atoms. The number of allylic oxidation sites excluding steroid dienone is 1. The van der Waals surface area contributed by atoms with Crippen LogP contribution in [-0.4, -0.2) is 62.3 Å². The monoisotopic (exact) mass is 937 g/mol. The number of H-pyrrole nitrogens is 1. The first kappa shape index (κ1) is 47.1. The minimum absolute atomic E-state index is 0.00493. The van der Waals surface area contributed by atoms with Gasteiger partial charge < -0.3 is 40.4 Å². The number of aromatic hydroxyl groups is 2. The molecule has 4 aromatic carbocycles. The van der Waals surface area contributed by atoms with Gasteiger partial charge in [0.15, 0.2) is 17.3 Å². The number of carbonyl (C=O) groups is 2. The molecule has 3 aliphatic carbocycles. The van der Waals surface area contributed by atoms with E-state index in [1.54, 1.807) is 12.3 Å². The summed E-state index contributed by atoms with van der Waals surface area (Å²) in [5, 5.41) is 49.9. The third-order valence-electron chi connectivity index (χ3n) is 15.3. The maximum absolute atomic E-state index is 15.5. The number of nitrogens with zero attached hydrogens (tertiary/aromatic N) is 2. The summed E-state index contributed by atoms with van der Waals surface area (Å²) in [5.41, 5.74) is 11.0. The Morgan fingerprint density at radius 1 is 0.800 bits per heavy atom. The Balaban J connectivity index is 1.04. The fraction of sp³-hybridized carbons (Fsp3) is 0.367. The van der Waals surface area contributed by atoms with Gasteiger partial charge in [0.25, 0.3) is 0 Å². The van der Waals surface area contributed by atoms with Gasteiger partial charge in [0.1, 0.15) is 11.5 Å². The highest BCUT2D eigenvalue weighted by atomic mass is 16.5. The van der Waals surface area contributed by atoms with Crippen molar-refractivity contribution in [3.05, 3.63) is 182 Å². The first-order valence-corrected chi connectivity index (χ1v) is 25.3. The quantitative estimate of drug-likeness (QED) is 0.0846. The number of ketones is 2. The zero-order valence-corrected chi connectivity index (χ0v) is 39.7. The molecule has 5 atom stereocenters. The molecule has 2 aromatic heterocycles. The van der Waals surface area contributed by atoms with E-state index in [0.717, 1.165) is 99.9 Å². The molecule has 10 heteroatoms. The van der Waals surface area contributed by atoms with Crippen LogP contribution in [0, 0.1) is 17.8 Å². The van der Waals surface area contributed by atoms with Crippen molar-refractivity contribution in [2.45, 2.75) is 108 Å². The number of fused-ring (bicyclic) bond motifs is 8. The summed E-state index contributed by atoms with van der Waals surface area (Å²) >= 11 is 0. The van der Waals surface area contributed by atoms with Crippen LogP contribution in [0.15, 0.2) is 115 Å². The van der Waals surface area contributed by atoms with Crippen LogP contribution in [0.1, 0.15) is 119 Å². The third-order valence-corrected chi connectivity index (χ3v) is 15.3. The van der Waals surface area contributed by atoms with Gasteiger partial charge in [-0.25, -0.2) is 0 Å². The summed E-state index contributed by atoms with van der Waals surface area (Å²) in [6.07, 6.45) is 17.6. The lowest BCUT2D eigenvalue weighted by atomic mass is 9.67. The van der Waals surface area contributed by atoms with Crippen molar-refractivity contribution >= 4 is 29.5 Å². The number of aromatic amines is 1. The topological polar surface area (TPSA) is 168 Å². The Labute approximate surface area is 410 Å². The van der Waals surface area contributed by atoms with E-state index >= 15 is 4.79 Å². The number of Topliss-reactive ketones (excluding diaryl/α,β-unsaturated/α-hetero) is 2. The Morgan fingerprint density at radius 3 is 2.49 bits per heavy atom. The van der Waals surface area contributed by atoms with Crippen molar-refractivity contribution in [2.24, 2.45) is 17.8 Å². The summed E-state index contributed by atoms with van der Waals surface area (Å²) in [5.74, 6) is -1.06. The molecular formula is C60H63N3O7-2. The number of ether oxygens (including phenoxy) is 1. The summed E-state index contributed by atoms with van der Waals surface area (Å²) in [6, 6.07) is 29.8. The Hall–Kier alpha value is -6.62. The molecular weight excluding hydrogens is 875 g/mol. The van der Waals surface area contributed by atoms with Gasteiger partial charge >= 0.3 is 0 Å². The number of aryl methyl sites for hydroxylation is 2. The summed E-state index contributed by atoms with van der Waals surface area (Å²) in [4.78, 5) is 38.4. The number of phenolic OH excluding ortho intramolecular Hbond substituents is 2. The molecule has 0 amide bonds. The predicted molar refractivity (Wildman–Crippen MR) is 273 cm³/mol. The molecule has 1 saturated carbocycles. The molecule has 10 nitrogen and oxygen atoms in total. The normalized spacial score (nSPS) is 21.1. The van der Waals surface area contributed by atoms with Crippen LogP contribution in [0.4, 0.5) is 5.82 Å². The molecule has 10 rings (SSSR count). The van der Waals surface area contributed by atoms with Crippen molar-refractivity contribution in [1.82, 2.24) is 9.97 Å². The van der Waals surface area contributed by atoms with E-state index in [4.69, 9.17) is 15.0 Å². The second-order valence-corrected chi connectivity index (χ2v) is 20.1. The number of aliphatic hydroxyl groups excluding tert-OH is 2. The Bertz CT molecular complexity index is 2890. The summed E-state index contributed by atoms with van der Waals surface area (Å²) in [6.45, 7) is -0.137. The van der Waals surface area contributed by atoms with Gasteiger partial charge in [0.05, 0.1) is 18.1 Å². The molecule has 4 bridgehead atoms. The number of hydrogen-bond donors (Lipinski definition) is 5. The van der Waals surface area contributed by atoms with Gasteiger partial charge in [-0.1, -0.05) is 120 Å².